The fourth-order valence-electron chi connectivity index (χ4n) is 2.97. The van der Waals surface area contributed by atoms with Gasteiger partial charge in [-0.15, -0.1) is 11.3 Å². The predicted octanol–water partition coefficient (Wildman–Crippen LogP) is 3.07. The summed E-state index contributed by atoms with van der Waals surface area (Å²) in [4.78, 5) is 9.18. The van der Waals surface area contributed by atoms with E-state index < -0.39 is 12.2 Å². The lowest BCUT2D eigenvalue weighted by atomic mass is 10.1. The normalized spacial score (nSPS) is 19.8. The summed E-state index contributed by atoms with van der Waals surface area (Å²) < 4.78 is 38.5. The van der Waals surface area contributed by atoms with Crippen LogP contribution in [0.4, 0.5) is 13.2 Å². The van der Waals surface area contributed by atoms with E-state index in [1.165, 1.54) is 16.7 Å². The number of guanidine groups is 1. The number of halogens is 3. The van der Waals surface area contributed by atoms with Gasteiger partial charge in [0.2, 0.25) is 0 Å². The maximum atomic E-state index is 12.8. The number of hydrogen-bond donors (Lipinski definition) is 1. The molecule has 1 aromatic heterocycles. The molecule has 2 unspecified atom stereocenters. The van der Waals surface area contributed by atoms with Crippen molar-refractivity contribution in [3.63, 3.8) is 0 Å². The van der Waals surface area contributed by atoms with Crippen molar-refractivity contribution in [3.8, 4) is 0 Å². The largest absolute Gasteiger partial charge is 0.403 e. The van der Waals surface area contributed by atoms with Crippen LogP contribution < -0.4 is 5.32 Å². The number of nitrogens with one attached hydrogen (secondary N) is 1. The summed E-state index contributed by atoms with van der Waals surface area (Å²) in [6.45, 7) is 6.11. The second-order valence-corrected chi connectivity index (χ2v) is 7.59. The number of piperazine rings is 1. The van der Waals surface area contributed by atoms with Gasteiger partial charge >= 0.3 is 6.18 Å². The first kappa shape index (κ1) is 20.0. The Morgan fingerprint density at radius 2 is 1.96 bits per heavy atom. The number of alkyl halides is 3. The molecule has 4 nitrogen and oxygen atoms in total. The molecule has 25 heavy (non-hydrogen) atoms. The number of hydrogen-bond acceptors (Lipinski definition) is 3. The van der Waals surface area contributed by atoms with Crippen LogP contribution in [-0.4, -0.2) is 67.7 Å². The van der Waals surface area contributed by atoms with Crippen molar-refractivity contribution in [2.75, 3.05) is 39.8 Å². The molecule has 8 heteroatoms. The second-order valence-electron chi connectivity index (χ2n) is 6.56. The van der Waals surface area contributed by atoms with Gasteiger partial charge in [0.1, 0.15) is 6.04 Å². The zero-order chi connectivity index (χ0) is 18.4. The van der Waals surface area contributed by atoms with Crippen LogP contribution in [0.15, 0.2) is 22.5 Å². The van der Waals surface area contributed by atoms with Crippen LogP contribution in [0, 0.1) is 5.92 Å². The molecule has 2 rings (SSSR count). The Kier molecular flexibility index (Phi) is 7.13. The summed E-state index contributed by atoms with van der Waals surface area (Å²) in [6, 6.07) is 2.80. The van der Waals surface area contributed by atoms with Crippen molar-refractivity contribution < 1.29 is 13.2 Å². The van der Waals surface area contributed by atoms with Crippen LogP contribution in [0.2, 0.25) is 0 Å². The van der Waals surface area contributed by atoms with E-state index in [4.69, 9.17) is 0 Å². The van der Waals surface area contributed by atoms with Gasteiger partial charge in [0.05, 0.1) is 0 Å². The van der Waals surface area contributed by atoms with Gasteiger partial charge < -0.3 is 10.2 Å². The van der Waals surface area contributed by atoms with Gasteiger partial charge in [-0.25, -0.2) is 0 Å². The van der Waals surface area contributed by atoms with E-state index >= 15 is 0 Å². The monoisotopic (exact) mass is 376 g/mol. The molecule has 1 aliphatic heterocycles. The first-order valence-corrected chi connectivity index (χ1v) is 9.48. The average molecular weight is 376 g/mol. The van der Waals surface area contributed by atoms with Crippen molar-refractivity contribution in [1.82, 2.24) is 15.1 Å². The van der Waals surface area contributed by atoms with Crippen molar-refractivity contribution in [2.45, 2.75) is 32.5 Å². The Hall–Kier alpha value is -1.28. The molecular formula is C17H27F3N4S. The molecular weight excluding hydrogens is 349 g/mol. The molecule has 1 fully saturated rings. The van der Waals surface area contributed by atoms with E-state index in [2.05, 4.69) is 34.7 Å². The quantitative estimate of drug-likeness (QED) is 0.633. The lowest BCUT2D eigenvalue weighted by Gasteiger charge is -2.39. The molecule has 0 aliphatic carbocycles. The zero-order valence-electron chi connectivity index (χ0n) is 15.0. The van der Waals surface area contributed by atoms with E-state index in [0.717, 1.165) is 18.9 Å². The van der Waals surface area contributed by atoms with Crippen molar-refractivity contribution in [3.05, 3.63) is 22.4 Å². The van der Waals surface area contributed by atoms with Gasteiger partial charge in [0.25, 0.3) is 0 Å². The SMILES string of the molecule is CN=C(NCC(C)Cc1cccs1)N1CCN(C(C)C(F)(F)F)CC1. The lowest BCUT2D eigenvalue weighted by molar-refractivity contribution is -0.181. The Morgan fingerprint density at radius 3 is 2.48 bits per heavy atom. The minimum Gasteiger partial charge on any atom is -0.356 e. The van der Waals surface area contributed by atoms with Gasteiger partial charge in [-0.1, -0.05) is 13.0 Å². The van der Waals surface area contributed by atoms with Gasteiger partial charge in [0, 0.05) is 44.6 Å². The number of aliphatic imine (C=N–C) groups is 1. The molecule has 2 atom stereocenters. The number of nitrogens with zero attached hydrogens (tertiary/aromatic N) is 3. The predicted molar refractivity (Wildman–Crippen MR) is 97.2 cm³/mol. The topological polar surface area (TPSA) is 30.9 Å². The highest BCUT2D eigenvalue weighted by atomic mass is 32.1. The van der Waals surface area contributed by atoms with Gasteiger partial charge in [0.15, 0.2) is 5.96 Å². The van der Waals surface area contributed by atoms with Crippen molar-refractivity contribution >= 4 is 17.3 Å². The maximum absolute atomic E-state index is 12.8. The molecule has 142 valence electrons. The van der Waals surface area contributed by atoms with Crippen LogP contribution >= 0.6 is 11.3 Å². The Labute approximate surface area is 151 Å². The zero-order valence-corrected chi connectivity index (χ0v) is 15.8. The third-order valence-corrected chi connectivity index (χ3v) is 5.48. The van der Waals surface area contributed by atoms with E-state index in [1.54, 1.807) is 18.4 Å². The van der Waals surface area contributed by atoms with Crippen LogP contribution in [0.1, 0.15) is 18.7 Å². The molecule has 1 aromatic rings. The van der Waals surface area contributed by atoms with E-state index in [0.29, 0.717) is 32.1 Å². The van der Waals surface area contributed by atoms with E-state index in [9.17, 15) is 13.2 Å². The van der Waals surface area contributed by atoms with Crippen molar-refractivity contribution in [1.29, 1.82) is 0 Å². The first-order chi connectivity index (χ1) is 11.8. The molecule has 0 saturated carbocycles. The summed E-state index contributed by atoms with van der Waals surface area (Å²) in [7, 11) is 1.72. The second kappa shape index (κ2) is 8.89. The highest BCUT2D eigenvalue weighted by Gasteiger charge is 2.41. The van der Waals surface area contributed by atoms with Crippen LogP contribution in [-0.2, 0) is 6.42 Å². The summed E-state index contributed by atoms with van der Waals surface area (Å²) in [5.41, 5.74) is 0. The van der Waals surface area contributed by atoms with Crippen LogP contribution in [0.3, 0.4) is 0 Å². The third kappa shape index (κ3) is 5.88. The summed E-state index contributed by atoms with van der Waals surface area (Å²) >= 11 is 1.76. The molecule has 1 saturated heterocycles. The highest BCUT2D eigenvalue weighted by molar-refractivity contribution is 7.09. The number of thiophene rings is 1. The molecule has 1 N–H and O–H groups in total. The molecule has 0 spiro atoms. The smallest absolute Gasteiger partial charge is 0.356 e. The summed E-state index contributed by atoms with van der Waals surface area (Å²) in [6.07, 6.45) is -3.15. The Bertz CT molecular complexity index is 537. The lowest BCUT2D eigenvalue weighted by Crippen LogP contribution is -2.57. The molecule has 0 amide bonds. The summed E-state index contributed by atoms with van der Waals surface area (Å²) in [5.74, 6) is 1.24. The minimum atomic E-state index is -4.17. The van der Waals surface area contributed by atoms with Crippen LogP contribution in [0.5, 0.6) is 0 Å². The highest BCUT2D eigenvalue weighted by Crippen LogP contribution is 2.25. The fourth-order valence-corrected chi connectivity index (χ4v) is 3.84. The molecule has 1 aliphatic rings. The Balaban J connectivity index is 1.78. The Morgan fingerprint density at radius 1 is 1.28 bits per heavy atom. The van der Waals surface area contributed by atoms with Gasteiger partial charge in [-0.3, -0.25) is 9.89 Å². The fraction of sp³-hybridized carbons (Fsp3) is 0.706. The van der Waals surface area contributed by atoms with Crippen molar-refractivity contribution in [2.24, 2.45) is 10.9 Å². The van der Waals surface area contributed by atoms with Crippen LogP contribution in [0.25, 0.3) is 0 Å². The number of rotatable bonds is 5. The minimum absolute atomic E-state index is 0.395. The molecule has 0 bridgehead atoms. The van der Waals surface area contributed by atoms with Gasteiger partial charge in [-0.2, -0.15) is 13.2 Å². The van der Waals surface area contributed by atoms with E-state index in [1.807, 2.05) is 4.90 Å². The summed E-state index contributed by atoms with van der Waals surface area (Å²) in [5, 5.41) is 5.44. The van der Waals surface area contributed by atoms with Gasteiger partial charge in [-0.05, 0) is 30.7 Å². The molecule has 2 heterocycles. The molecule has 0 radical (unpaired) electrons. The third-order valence-electron chi connectivity index (χ3n) is 4.59. The average Bonchev–Trinajstić information content (AvgIpc) is 3.07. The first-order valence-electron chi connectivity index (χ1n) is 8.60. The standard InChI is InChI=1S/C17H27F3N4S/c1-13(11-15-5-4-10-25-15)12-22-16(21-3)24-8-6-23(7-9-24)14(2)17(18,19)20/h4-5,10,13-14H,6-9,11-12H2,1-3H3,(H,21,22). The van der Waals surface area contributed by atoms with E-state index in [-0.39, 0.29) is 0 Å². The maximum Gasteiger partial charge on any atom is 0.403 e. The molecule has 0 aromatic carbocycles.